The number of benzene rings is 2. The zero-order valence-electron chi connectivity index (χ0n) is 14.0. The summed E-state index contributed by atoms with van der Waals surface area (Å²) < 4.78 is 0. The van der Waals surface area contributed by atoms with Crippen LogP contribution in [-0.4, -0.2) is 0 Å². The van der Waals surface area contributed by atoms with E-state index < -0.39 is 0 Å². The van der Waals surface area contributed by atoms with Crippen LogP contribution >= 0.6 is 0 Å². The van der Waals surface area contributed by atoms with E-state index in [0.717, 1.165) is 11.4 Å². The molecule has 1 unspecified atom stereocenters. The number of nitrogens with two attached hydrogens (primary N) is 2. The zero-order valence-corrected chi connectivity index (χ0v) is 14.0. The Hall–Kier alpha value is -2.48. The average molecular weight is 304 g/mol. The van der Waals surface area contributed by atoms with Gasteiger partial charge in [0, 0.05) is 22.7 Å². The molecule has 2 aromatic carbocycles. The van der Waals surface area contributed by atoms with Crippen LogP contribution in [0, 0.1) is 12.3 Å². The molecule has 4 N–H and O–H groups in total. The van der Waals surface area contributed by atoms with Crippen molar-refractivity contribution in [2.24, 2.45) is 11.1 Å². The third-order valence-corrected chi connectivity index (χ3v) is 4.79. The molecule has 0 heterocycles. The highest BCUT2D eigenvalue weighted by Crippen LogP contribution is 2.50. The quantitative estimate of drug-likeness (QED) is 0.795. The molecule has 118 valence electrons. The number of aryl methyl sites for hydroxylation is 1. The van der Waals surface area contributed by atoms with Crippen LogP contribution in [0.5, 0.6) is 0 Å². The van der Waals surface area contributed by atoms with Crippen molar-refractivity contribution in [1.29, 1.82) is 0 Å². The number of hydrogen-bond donors (Lipinski definition) is 2. The normalized spacial score (nSPS) is 19.9. The van der Waals surface area contributed by atoms with Crippen molar-refractivity contribution in [2.75, 3.05) is 5.73 Å². The maximum absolute atomic E-state index is 6.40. The van der Waals surface area contributed by atoms with Gasteiger partial charge in [0.2, 0.25) is 0 Å². The molecule has 1 aliphatic rings. The van der Waals surface area contributed by atoms with Crippen molar-refractivity contribution >= 4 is 11.3 Å². The van der Waals surface area contributed by atoms with Gasteiger partial charge in [0.1, 0.15) is 0 Å². The molecule has 23 heavy (non-hydrogen) atoms. The van der Waals surface area contributed by atoms with Crippen molar-refractivity contribution in [3.8, 4) is 0 Å². The molecule has 0 aliphatic heterocycles. The summed E-state index contributed by atoms with van der Waals surface area (Å²) in [5, 5.41) is 0. The second-order valence-electron chi connectivity index (χ2n) is 6.94. The van der Waals surface area contributed by atoms with Crippen LogP contribution in [0.4, 0.5) is 5.69 Å². The molecular weight excluding hydrogens is 280 g/mol. The lowest BCUT2D eigenvalue weighted by Crippen LogP contribution is -2.30. The first kappa shape index (κ1) is 15.4. The van der Waals surface area contributed by atoms with Crippen LogP contribution in [0.3, 0.4) is 0 Å². The second kappa shape index (κ2) is 5.62. The largest absolute Gasteiger partial charge is 0.402 e. The van der Waals surface area contributed by atoms with E-state index >= 15 is 0 Å². The molecule has 0 radical (unpaired) electrons. The zero-order chi connectivity index (χ0) is 16.6. The fourth-order valence-electron chi connectivity index (χ4n) is 3.65. The number of rotatable bonds is 2. The van der Waals surface area contributed by atoms with Gasteiger partial charge in [-0.3, -0.25) is 0 Å². The van der Waals surface area contributed by atoms with Crippen molar-refractivity contribution < 1.29 is 0 Å². The van der Waals surface area contributed by atoms with Crippen LogP contribution in [0.1, 0.15) is 36.5 Å². The second-order valence-corrected chi connectivity index (χ2v) is 6.94. The number of allylic oxidation sites excluding steroid dienone is 4. The predicted octanol–water partition coefficient (Wildman–Crippen LogP) is 4.63. The third kappa shape index (κ3) is 2.77. The van der Waals surface area contributed by atoms with E-state index in [9.17, 15) is 0 Å². The fraction of sp³-hybridized carbons (Fsp3) is 0.238. The Kier molecular flexibility index (Phi) is 3.77. The Morgan fingerprint density at radius 2 is 1.61 bits per heavy atom. The summed E-state index contributed by atoms with van der Waals surface area (Å²) in [6.45, 7) is 6.65. The number of nitrogen functional groups attached to an aromatic ring is 1. The summed E-state index contributed by atoms with van der Waals surface area (Å²) in [4.78, 5) is 0. The third-order valence-electron chi connectivity index (χ3n) is 4.79. The Morgan fingerprint density at radius 1 is 0.913 bits per heavy atom. The summed E-state index contributed by atoms with van der Waals surface area (Å²) in [7, 11) is 0. The lowest BCUT2D eigenvalue weighted by molar-refractivity contribution is 0.422. The van der Waals surface area contributed by atoms with Gasteiger partial charge in [-0.05, 0) is 41.8 Å². The van der Waals surface area contributed by atoms with Gasteiger partial charge in [0.05, 0.1) is 0 Å². The van der Waals surface area contributed by atoms with E-state index in [0.29, 0.717) is 0 Å². The van der Waals surface area contributed by atoms with Gasteiger partial charge in [-0.1, -0.05) is 61.9 Å². The highest BCUT2D eigenvalue weighted by atomic mass is 14.6. The number of hydrogen-bond acceptors (Lipinski definition) is 2. The summed E-state index contributed by atoms with van der Waals surface area (Å²) in [5.74, 6) is 0.167. The van der Waals surface area contributed by atoms with Crippen molar-refractivity contribution in [3.05, 3.63) is 83.1 Å². The van der Waals surface area contributed by atoms with E-state index in [1.807, 2.05) is 18.2 Å². The summed E-state index contributed by atoms with van der Waals surface area (Å²) in [6, 6.07) is 16.7. The fourth-order valence-corrected chi connectivity index (χ4v) is 3.65. The van der Waals surface area contributed by atoms with E-state index in [1.54, 1.807) is 0 Å². The molecule has 0 aromatic heterocycles. The molecule has 2 nitrogen and oxygen atoms in total. The average Bonchev–Trinajstić information content (AvgIpc) is 2.48. The minimum atomic E-state index is -0.0945. The maximum Gasteiger partial charge on any atom is 0.0327 e. The van der Waals surface area contributed by atoms with Crippen LogP contribution in [0.25, 0.3) is 5.57 Å². The maximum atomic E-state index is 6.40. The Bertz CT molecular complexity index is 780. The SMILES string of the molecule is Cc1cccc(C2C(N)=CC=C(c3ccc(N)cc3)C2(C)C)c1. The van der Waals surface area contributed by atoms with Crippen molar-refractivity contribution in [2.45, 2.75) is 26.7 Å². The van der Waals surface area contributed by atoms with E-state index in [2.05, 4.69) is 63.2 Å². The minimum Gasteiger partial charge on any atom is -0.402 e. The molecule has 0 amide bonds. The van der Waals surface area contributed by atoms with Gasteiger partial charge in [-0.2, -0.15) is 0 Å². The Labute approximate surface area is 138 Å². The van der Waals surface area contributed by atoms with Gasteiger partial charge in [0.15, 0.2) is 0 Å². The van der Waals surface area contributed by atoms with Gasteiger partial charge in [-0.25, -0.2) is 0 Å². The van der Waals surface area contributed by atoms with Crippen LogP contribution in [-0.2, 0) is 0 Å². The smallest absolute Gasteiger partial charge is 0.0327 e. The molecule has 0 bridgehead atoms. The van der Waals surface area contributed by atoms with Gasteiger partial charge < -0.3 is 11.5 Å². The molecule has 1 atom stereocenters. The lowest BCUT2D eigenvalue weighted by Gasteiger charge is -2.40. The predicted molar refractivity (Wildman–Crippen MR) is 98.8 cm³/mol. The minimum absolute atomic E-state index is 0.0945. The van der Waals surface area contributed by atoms with Gasteiger partial charge in [0.25, 0.3) is 0 Å². The topological polar surface area (TPSA) is 52.0 Å². The molecule has 3 rings (SSSR count). The first-order valence-electron chi connectivity index (χ1n) is 8.00. The Morgan fingerprint density at radius 3 is 2.26 bits per heavy atom. The standard InChI is InChI=1S/C21H24N2/c1-14-5-4-6-16(13-14)20-19(23)12-11-18(21(20,2)3)15-7-9-17(22)10-8-15/h4-13,20H,22-23H2,1-3H3. The summed E-state index contributed by atoms with van der Waals surface area (Å²) >= 11 is 0. The molecule has 2 heteroatoms. The van der Waals surface area contributed by atoms with Crippen LogP contribution < -0.4 is 11.5 Å². The Balaban J connectivity index is 2.09. The number of anilines is 1. The van der Waals surface area contributed by atoms with Crippen LogP contribution in [0.2, 0.25) is 0 Å². The molecule has 0 spiro atoms. The summed E-state index contributed by atoms with van der Waals surface area (Å²) in [5.41, 5.74) is 18.9. The van der Waals surface area contributed by atoms with Crippen molar-refractivity contribution in [1.82, 2.24) is 0 Å². The first-order chi connectivity index (χ1) is 10.9. The van der Waals surface area contributed by atoms with Gasteiger partial charge >= 0.3 is 0 Å². The molecule has 1 aliphatic carbocycles. The molecule has 0 saturated heterocycles. The highest BCUT2D eigenvalue weighted by molar-refractivity contribution is 5.75. The summed E-state index contributed by atoms with van der Waals surface area (Å²) in [6.07, 6.45) is 4.19. The van der Waals surface area contributed by atoms with Crippen molar-refractivity contribution in [3.63, 3.8) is 0 Å². The highest BCUT2D eigenvalue weighted by Gasteiger charge is 2.38. The van der Waals surface area contributed by atoms with E-state index in [-0.39, 0.29) is 11.3 Å². The molecular formula is C21H24N2. The molecule has 2 aromatic rings. The van der Waals surface area contributed by atoms with E-state index in [4.69, 9.17) is 11.5 Å². The lowest BCUT2D eigenvalue weighted by atomic mass is 9.64. The monoisotopic (exact) mass is 304 g/mol. The first-order valence-corrected chi connectivity index (χ1v) is 8.00. The van der Waals surface area contributed by atoms with Gasteiger partial charge in [-0.15, -0.1) is 0 Å². The molecule has 0 saturated carbocycles. The molecule has 0 fully saturated rings. The van der Waals surface area contributed by atoms with Crippen LogP contribution in [0.15, 0.2) is 66.4 Å². The van der Waals surface area contributed by atoms with E-state index in [1.165, 1.54) is 22.3 Å².